The van der Waals surface area contributed by atoms with Crippen molar-refractivity contribution in [1.29, 1.82) is 0 Å². The predicted molar refractivity (Wildman–Crippen MR) is 154 cm³/mol. The van der Waals surface area contributed by atoms with Crippen LogP contribution in [0.4, 0.5) is 0 Å². The summed E-state index contributed by atoms with van der Waals surface area (Å²) in [5.41, 5.74) is 0. The molecule has 0 radical (unpaired) electrons. The zero-order valence-corrected chi connectivity index (χ0v) is 24.0. The van der Waals surface area contributed by atoms with Crippen molar-refractivity contribution in [3.05, 3.63) is 0 Å². The third-order valence-corrected chi connectivity index (χ3v) is 9.41. The van der Waals surface area contributed by atoms with Crippen LogP contribution in [0.3, 0.4) is 0 Å². The third-order valence-electron chi connectivity index (χ3n) is 9.41. The van der Waals surface area contributed by atoms with Crippen molar-refractivity contribution in [2.75, 3.05) is 13.1 Å². The molecule has 2 rings (SSSR count). The summed E-state index contributed by atoms with van der Waals surface area (Å²) in [6.07, 6.45) is 38.5. The summed E-state index contributed by atoms with van der Waals surface area (Å²) in [7, 11) is 0. The fourth-order valence-electron chi connectivity index (χ4n) is 6.97. The van der Waals surface area contributed by atoms with Gasteiger partial charge >= 0.3 is 0 Å². The van der Waals surface area contributed by atoms with Crippen LogP contribution in [0.25, 0.3) is 0 Å². The monoisotopic (exact) mass is 476 g/mol. The van der Waals surface area contributed by atoms with Crippen LogP contribution in [0.15, 0.2) is 0 Å². The molecule has 1 saturated carbocycles. The molecule has 1 saturated heterocycles. The number of nitrogens with zero attached hydrogens (tertiary/aromatic N) is 1. The minimum atomic E-state index is 0.892. The van der Waals surface area contributed by atoms with Crippen LogP contribution in [-0.4, -0.2) is 24.0 Å². The van der Waals surface area contributed by atoms with Gasteiger partial charge in [-0.3, -0.25) is 0 Å². The Hall–Kier alpha value is -0.0400. The van der Waals surface area contributed by atoms with Crippen molar-refractivity contribution >= 4 is 0 Å². The van der Waals surface area contributed by atoms with Crippen LogP contribution in [0.2, 0.25) is 0 Å². The molecule has 0 aromatic carbocycles. The van der Waals surface area contributed by atoms with Crippen molar-refractivity contribution in [3.8, 4) is 0 Å². The molecule has 0 aromatic rings. The smallest absolute Gasteiger partial charge is 0.00953 e. The molecule has 0 N–H and O–H groups in total. The van der Waals surface area contributed by atoms with E-state index in [1.807, 2.05) is 0 Å². The van der Waals surface area contributed by atoms with E-state index in [1.165, 1.54) is 180 Å². The lowest BCUT2D eigenvalue weighted by Gasteiger charge is -2.36. The van der Waals surface area contributed by atoms with Gasteiger partial charge in [-0.2, -0.15) is 0 Å². The number of hydrogen-bond acceptors (Lipinski definition) is 1. The Morgan fingerprint density at radius 3 is 1.62 bits per heavy atom. The second kappa shape index (κ2) is 21.1. The lowest BCUT2D eigenvalue weighted by molar-refractivity contribution is 0.125. The molecule has 2 fully saturated rings. The van der Waals surface area contributed by atoms with E-state index in [0.717, 1.165) is 17.9 Å². The Morgan fingerprint density at radius 1 is 0.500 bits per heavy atom. The zero-order chi connectivity index (χ0) is 24.1. The molecule has 34 heavy (non-hydrogen) atoms. The van der Waals surface area contributed by atoms with Gasteiger partial charge in [-0.15, -0.1) is 0 Å². The SMILES string of the molecule is CCCCCC1CCCCCCN1CC1CCCCCCCCCCCCCC(CC)CCC1. The van der Waals surface area contributed by atoms with Gasteiger partial charge in [0, 0.05) is 12.6 Å². The van der Waals surface area contributed by atoms with Crippen LogP contribution in [0, 0.1) is 11.8 Å². The maximum absolute atomic E-state index is 3.02. The van der Waals surface area contributed by atoms with Crippen LogP contribution in [0.5, 0.6) is 0 Å². The molecule has 0 aromatic heterocycles. The molecule has 1 nitrogen and oxygen atoms in total. The van der Waals surface area contributed by atoms with Gasteiger partial charge in [0.1, 0.15) is 0 Å². The largest absolute Gasteiger partial charge is 0.300 e. The second-order valence-electron chi connectivity index (χ2n) is 12.4. The van der Waals surface area contributed by atoms with Crippen LogP contribution >= 0.6 is 0 Å². The molecular weight excluding hydrogens is 410 g/mol. The molecule has 1 aliphatic heterocycles. The lowest BCUT2D eigenvalue weighted by Crippen LogP contribution is -2.40. The quantitative estimate of drug-likeness (QED) is 0.331. The molecule has 3 atom stereocenters. The van der Waals surface area contributed by atoms with Gasteiger partial charge in [-0.25, -0.2) is 0 Å². The van der Waals surface area contributed by atoms with Gasteiger partial charge in [0.2, 0.25) is 0 Å². The fourth-order valence-corrected chi connectivity index (χ4v) is 6.97. The molecule has 0 bridgehead atoms. The average molecular weight is 476 g/mol. The predicted octanol–water partition coefficient (Wildman–Crippen LogP) is 11.1. The Bertz CT molecular complexity index is 432. The number of hydrogen-bond donors (Lipinski definition) is 0. The molecular formula is C33H65N. The highest BCUT2D eigenvalue weighted by Crippen LogP contribution is 2.28. The molecule has 0 amide bonds. The van der Waals surface area contributed by atoms with Crippen molar-refractivity contribution < 1.29 is 0 Å². The summed E-state index contributed by atoms with van der Waals surface area (Å²) in [6.45, 7) is 7.63. The summed E-state index contributed by atoms with van der Waals surface area (Å²) < 4.78 is 0. The topological polar surface area (TPSA) is 3.24 Å². The van der Waals surface area contributed by atoms with E-state index in [4.69, 9.17) is 0 Å². The highest BCUT2D eigenvalue weighted by Gasteiger charge is 2.23. The number of rotatable bonds is 7. The van der Waals surface area contributed by atoms with E-state index in [2.05, 4.69) is 18.7 Å². The van der Waals surface area contributed by atoms with Crippen molar-refractivity contribution in [3.63, 3.8) is 0 Å². The van der Waals surface area contributed by atoms with Gasteiger partial charge in [0.05, 0.1) is 0 Å². The van der Waals surface area contributed by atoms with E-state index in [0.29, 0.717) is 0 Å². The number of likely N-dealkylation sites (tertiary alicyclic amines) is 1. The number of unbranched alkanes of at least 4 members (excludes halogenated alkanes) is 2. The first-order valence-corrected chi connectivity index (χ1v) is 16.6. The van der Waals surface area contributed by atoms with Gasteiger partial charge < -0.3 is 4.90 Å². The van der Waals surface area contributed by atoms with Crippen molar-refractivity contribution in [2.45, 2.75) is 187 Å². The lowest BCUT2D eigenvalue weighted by atomic mass is 9.88. The standard InChI is InChI=1S/C33H65N/c1-3-5-17-27-33-28-20-15-16-21-29-34(33)30-32-24-19-14-12-10-8-6-7-9-11-13-18-23-31(4-2)25-22-26-32/h31-33H,3-30H2,1-2H3. The second-order valence-corrected chi connectivity index (χ2v) is 12.4. The van der Waals surface area contributed by atoms with E-state index >= 15 is 0 Å². The highest BCUT2D eigenvalue weighted by atomic mass is 15.2. The maximum Gasteiger partial charge on any atom is 0.00953 e. The molecule has 1 heterocycles. The Balaban J connectivity index is 1.91. The Labute approximate surface area is 216 Å². The maximum atomic E-state index is 3.02. The van der Waals surface area contributed by atoms with Gasteiger partial charge in [-0.05, 0) is 50.5 Å². The molecule has 202 valence electrons. The molecule has 1 heteroatoms. The first-order valence-electron chi connectivity index (χ1n) is 16.6. The van der Waals surface area contributed by atoms with Gasteiger partial charge in [-0.1, -0.05) is 149 Å². The van der Waals surface area contributed by atoms with E-state index in [1.54, 1.807) is 0 Å². The molecule has 2 aliphatic rings. The molecule has 3 unspecified atom stereocenters. The van der Waals surface area contributed by atoms with Crippen LogP contribution < -0.4 is 0 Å². The summed E-state index contributed by atoms with van der Waals surface area (Å²) in [5.74, 6) is 1.97. The van der Waals surface area contributed by atoms with Gasteiger partial charge in [0.15, 0.2) is 0 Å². The van der Waals surface area contributed by atoms with Crippen molar-refractivity contribution in [2.24, 2.45) is 11.8 Å². The average Bonchev–Trinajstić information content (AvgIpc) is 2.83. The van der Waals surface area contributed by atoms with Gasteiger partial charge in [0.25, 0.3) is 0 Å². The van der Waals surface area contributed by atoms with Crippen LogP contribution in [0.1, 0.15) is 181 Å². The Kier molecular flexibility index (Phi) is 18.7. The van der Waals surface area contributed by atoms with Crippen LogP contribution in [-0.2, 0) is 0 Å². The molecule has 0 spiro atoms. The minimum absolute atomic E-state index is 0.892. The highest BCUT2D eigenvalue weighted by molar-refractivity contribution is 4.78. The normalized spacial score (nSPS) is 28.9. The minimum Gasteiger partial charge on any atom is -0.300 e. The van der Waals surface area contributed by atoms with E-state index < -0.39 is 0 Å². The van der Waals surface area contributed by atoms with Crippen molar-refractivity contribution in [1.82, 2.24) is 4.90 Å². The first kappa shape index (κ1) is 30.2. The summed E-state index contributed by atoms with van der Waals surface area (Å²) in [4.78, 5) is 3.02. The summed E-state index contributed by atoms with van der Waals surface area (Å²) in [6, 6.07) is 0.892. The molecule has 1 aliphatic carbocycles. The third kappa shape index (κ3) is 14.5. The van der Waals surface area contributed by atoms with E-state index in [9.17, 15) is 0 Å². The summed E-state index contributed by atoms with van der Waals surface area (Å²) in [5, 5.41) is 0. The van der Waals surface area contributed by atoms with E-state index in [-0.39, 0.29) is 0 Å². The fraction of sp³-hybridized carbons (Fsp3) is 1.00. The zero-order valence-electron chi connectivity index (χ0n) is 24.0. The Morgan fingerprint density at radius 2 is 1.00 bits per heavy atom. The summed E-state index contributed by atoms with van der Waals surface area (Å²) >= 11 is 0. The first-order chi connectivity index (χ1) is 16.8.